The molecule has 15 heavy (non-hydrogen) atoms. The van der Waals surface area contributed by atoms with Crippen LogP contribution in [0.15, 0.2) is 12.1 Å². The number of aromatic nitrogens is 1. The third-order valence-electron chi connectivity index (χ3n) is 1.80. The fraction of sp³-hybridized carbons (Fsp3) is 0.333. The maximum absolute atomic E-state index is 11.8. The summed E-state index contributed by atoms with van der Waals surface area (Å²) in [7, 11) is 1.42. The van der Waals surface area contributed by atoms with Gasteiger partial charge in [-0.1, -0.05) is 0 Å². The van der Waals surface area contributed by atoms with Gasteiger partial charge in [0, 0.05) is 11.6 Å². The van der Waals surface area contributed by atoms with Crippen molar-refractivity contribution in [3.8, 4) is 5.88 Å². The van der Waals surface area contributed by atoms with Gasteiger partial charge in [-0.05, 0) is 13.0 Å². The van der Waals surface area contributed by atoms with Gasteiger partial charge in [0.1, 0.15) is 5.68 Å². The van der Waals surface area contributed by atoms with Gasteiger partial charge >= 0.3 is 0 Å². The van der Waals surface area contributed by atoms with E-state index < -0.39 is 13.0 Å². The largest absolute Gasteiger partial charge is 0.472 e. The predicted octanol–water partition coefficient (Wildman–Crippen LogP) is 0.807. The van der Waals surface area contributed by atoms with E-state index in [9.17, 15) is 13.6 Å². The number of nitrogens with zero attached hydrogens (tertiary/aromatic N) is 1. The van der Waals surface area contributed by atoms with Crippen LogP contribution < -0.4 is 4.74 Å². The van der Waals surface area contributed by atoms with Gasteiger partial charge in [0.15, 0.2) is 14.5 Å². The van der Waals surface area contributed by atoms with Crippen molar-refractivity contribution in [2.45, 2.75) is 13.3 Å². The number of carbonyl (C=O) groups excluding carboxylic acids is 1. The Labute approximate surface area is 86.9 Å². The van der Waals surface area contributed by atoms with Crippen molar-refractivity contribution < 1.29 is 18.3 Å². The number of aryl methyl sites for hydroxylation is 1. The minimum atomic E-state index is -2.53. The van der Waals surface area contributed by atoms with Crippen LogP contribution in [0.4, 0.5) is 8.78 Å². The predicted molar refractivity (Wildman–Crippen MR) is 53.3 cm³/mol. The molecule has 0 atom stereocenters. The number of hydrogen-bond acceptors (Lipinski definition) is 3. The highest BCUT2D eigenvalue weighted by Gasteiger charge is 2.08. The van der Waals surface area contributed by atoms with Crippen LogP contribution in [0.25, 0.3) is 0 Å². The Morgan fingerprint density at radius 1 is 1.60 bits per heavy atom. The second kappa shape index (κ2) is 4.86. The molecule has 0 aliphatic rings. The minimum Gasteiger partial charge on any atom is -0.472 e. The molecule has 0 aliphatic carbocycles. The molecule has 0 N–H and O–H groups in total. The molecule has 0 aromatic carbocycles. The molecule has 0 amide bonds. The highest BCUT2D eigenvalue weighted by atomic mass is 19.3. The smallest absolute Gasteiger partial charge is 0.272 e. The van der Waals surface area contributed by atoms with Crippen molar-refractivity contribution in [3.63, 3.8) is 0 Å². The fourth-order valence-electron chi connectivity index (χ4n) is 1.14. The Morgan fingerprint density at radius 2 is 2.27 bits per heavy atom. The van der Waals surface area contributed by atoms with E-state index in [1.54, 1.807) is 6.92 Å². The van der Waals surface area contributed by atoms with Gasteiger partial charge in [-0.2, -0.15) is 0 Å². The van der Waals surface area contributed by atoms with Crippen LogP contribution in [-0.2, 0) is 0 Å². The van der Waals surface area contributed by atoms with E-state index in [0.717, 1.165) is 0 Å². The molecule has 0 fully saturated rings. The van der Waals surface area contributed by atoms with Gasteiger partial charge < -0.3 is 9.53 Å². The summed E-state index contributed by atoms with van der Waals surface area (Å²) < 4.78 is 28.4. The highest BCUT2D eigenvalue weighted by molar-refractivity contribution is 6.62. The maximum atomic E-state index is 11.8. The van der Waals surface area contributed by atoms with Gasteiger partial charge in [-0.15, -0.1) is 0 Å². The van der Waals surface area contributed by atoms with E-state index >= 15 is 0 Å². The third kappa shape index (κ3) is 3.30. The normalized spacial score (nSPS) is 10.4. The van der Waals surface area contributed by atoms with Crippen LogP contribution >= 0.6 is 0 Å². The lowest BCUT2D eigenvalue weighted by molar-refractivity contribution is 0.0794. The molecule has 1 rings (SSSR count). The molecular formula is C9H10BF2NO2. The Balaban J connectivity index is 2.78. The first-order valence-corrected chi connectivity index (χ1v) is 4.40. The van der Waals surface area contributed by atoms with Crippen molar-refractivity contribution in [1.29, 1.82) is 0 Å². The van der Waals surface area contributed by atoms with Crippen LogP contribution in [-0.4, -0.2) is 31.5 Å². The first-order valence-electron chi connectivity index (χ1n) is 4.40. The summed E-state index contributed by atoms with van der Waals surface area (Å²) in [5, 5.41) is 0. The molecule has 0 saturated carbocycles. The summed E-state index contributed by atoms with van der Waals surface area (Å²) in [6.45, 7) is 0.942. The lowest BCUT2D eigenvalue weighted by Crippen LogP contribution is -2.09. The van der Waals surface area contributed by atoms with Crippen LogP contribution in [0.3, 0.4) is 0 Å². The second-order valence-electron chi connectivity index (χ2n) is 3.04. The average Bonchev–Trinajstić information content (AvgIpc) is 2.14. The number of carbonyl (C=O) groups is 1. The van der Waals surface area contributed by atoms with E-state index in [2.05, 4.69) is 4.98 Å². The zero-order valence-electron chi connectivity index (χ0n) is 8.46. The summed E-state index contributed by atoms with van der Waals surface area (Å²) in [4.78, 5) is 14.9. The van der Waals surface area contributed by atoms with Gasteiger partial charge in [-0.3, -0.25) is 0 Å². The first-order chi connectivity index (χ1) is 7.00. The summed E-state index contributed by atoms with van der Waals surface area (Å²) >= 11 is 0. The molecule has 6 heteroatoms. The molecule has 1 aromatic heterocycles. The molecule has 0 spiro atoms. The van der Waals surface area contributed by atoms with Crippen LogP contribution in [0, 0.1) is 6.92 Å². The lowest BCUT2D eigenvalue weighted by Gasteiger charge is -2.06. The van der Waals surface area contributed by atoms with Crippen LogP contribution in [0.2, 0.25) is 0 Å². The fourth-order valence-corrected chi connectivity index (χ4v) is 1.14. The first kappa shape index (κ1) is 11.6. The number of pyridine rings is 1. The van der Waals surface area contributed by atoms with Crippen molar-refractivity contribution in [2.24, 2.45) is 0 Å². The van der Waals surface area contributed by atoms with Crippen LogP contribution in [0.5, 0.6) is 5.88 Å². The SMILES string of the molecule is BC(=O)c1ccc(OCC(F)F)nc1C. The topological polar surface area (TPSA) is 39.2 Å². The van der Waals surface area contributed by atoms with E-state index in [1.807, 2.05) is 0 Å². The number of ether oxygens (including phenoxy) is 1. The van der Waals surface area contributed by atoms with E-state index in [1.165, 1.54) is 20.0 Å². The number of hydrogen-bond donors (Lipinski definition) is 0. The van der Waals surface area contributed by atoms with Crippen LogP contribution in [0.1, 0.15) is 16.1 Å². The quantitative estimate of drug-likeness (QED) is 0.694. The van der Waals surface area contributed by atoms with Gasteiger partial charge in [0.05, 0.1) is 5.69 Å². The monoisotopic (exact) mass is 213 g/mol. The summed E-state index contributed by atoms with van der Waals surface area (Å²) in [6.07, 6.45) is -2.53. The minimum absolute atomic E-state index is 0.109. The summed E-state index contributed by atoms with van der Waals surface area (Å²) in [5.41, 5.74) is 0.842. The van der Waals surface area contributed by atoms with Crippen molar-refractivity contribution in [1.82, 2.24) is 4.98 Å². The molecule has 1 aromatic rings. The van der Waals surface area contributed by atoms with Gasteiger partial charge in [-0.25, -0.2) is 13.8 Å². The third-order valence-corrected chi connectivity index (χ3v) is 1.80. The molecule has 0 aliphatic heterocycles. The van der Waals surface area contributed by atoms with E-state index in [4.69, 9.17) is 4.74 Å². The molecule has 3 nitrogen and oxygen atoms in total. The summed E-state index contributed by atoms with van der Waals surface area (Å²) in [5.74, 6) is 0.109. The average molecular weight is 213 g/mol. The van der Waals surface area contributed by atoms with Crippen molar-refractivity contribution >= 4 is 13.5 Å². The van der Waals surface area contributed by atoms with E-state index in [0.29, 0.717) is 11.3 Å². The molecule has 80 valence electrons. The molecule has 0 bridgehead atoms. The maximum Gasteiger partial charge on any atom is 0.272 e. The zero-order chi connectivity index (χ0) is 11.4. The zero-order valence-corrected chi connectivity index (χ0v) is 8.46. The number of alkyl halides is 2. The summed E-state index contributed by atoms with van der Waals surface area (Å²) in [6, 6.07) is 2.93. The Morgan fingerprint density at radius 3 is 2.73 bits per heavy atom. The lowest BCUT2D eigenvalue weighted by atomic mass is 9.94. The molecule has 1 heterocycles. The molecule has 0 radical (unpaired) electrons. The highest BCUT2D eigenvalue weighted by Crippen LogP contribution is 2.12. The molecular weight excluding hydrogens is 203 g/mol. The Bertz CT molecular complexity index is 371. The molecule has 0 saturated heterocycles. The second-order valence-corrected chi connectivity index (χ2v) is 3.04. The standard InChI is InChI=1S/C9H10BF2NO2/c1-5-6(9(10)14)2-3-8(13-5)15-4-7(11)12/h2-3,7H,4,10H2,1H3. The number of rotatable bonds is 4. The Kier molecular flexibility index (Phi) is 3.77. The molecule has 0 unspecified atom stereocenters. The Hall–Kier alpha value is -1.46. The van der Waals surface area contributed by atoms with E-state index in [-0.39, 0.29) is 11.6 Å². The number of halogens is 2. The van der Waals surface area contributed by atoms with Crippen molar-refractivity contribution in [2.75, 3.05) is 6.61 Å². The van der Waals surface area contributed by atoms with Crippen molar-refractivity contribution in [3.05, 3.63) is 23.4 Å². The van der Waals surface area contributed by atoms with Gasteiger partial charge in [0.2, 0.25) is 5.88 Å². The van der Waals surface area contributed by atoms with Gasteiger partial charge in [0.25, 0.3) is 6.43 Å².